The van der Waals surface area contributed by atoms with Crippen LogP contribution in [0.15, 0.2) is 54.6 Å². The number of anilines is 1. The van der Waals surface area contributed by atoms with E-state index in [0.29, 0.717) is 48.8 Å². The average Bonchev–Trinajstić information content (AvgIpc) is 3.15. The molecule has 8 heteroatoms. The van der Waals surface area contributed by atoms with E-state index in [9.17, 15) is 10.1 Å². The Balaban J connectivity index is 1.49. The van der Waals surface area contributed by atoms with Crippen molar-refractivity contribution in [2.75, 3.05) is 18.8 Å². The molecule has 2 heterocycles. The number of aromatic nitrogens is 2. The molecule has 34 heavy (non-hydrogen) atoms. The van der Waals surface area contributed by atoms with Gasteiger partial charge >= 0.3 is 6.09 Å². The first-order valence-corrected chi connectivity index (χ1v) is 11.3. The number of piperidine rings is 1. The smallest absolute Gasteiger partial charge is 0.410 e. The summed E-state index contributed by atoms with van der Waals surface area (Å²) in [5, 5.41) is 14.5. The number of hydrogen-bond donors (Lipinski definition) is 1. The summed E-state index contributed by atoms with van der Waals surface area (Å²) in [6.07, 6.45) is 1.05. The van der Waals surface area contributed by atoms with Crippen LogP contribution in [0.25, 0.3) is 11.3 Å². The molecule has 0 radical (unpaired) electrons. The third-order valence-corrected chi connectivity index (χ3v) is 5.63. The third-order valence-electron chi connectivity index (χ3n) is 5.63. The molecule has 0 unspecified atom stereocenters. The van der Waals surface area contributed by atoms with Gasteiger partial charge in [0.15, 0.2) is 0 Å². The zero-order valence-corrected chi connectivity index (χ0v) is 19.7. The largest absolute Gasteiger partial charge is 0.457 e. The number of ether oxygens (including phenoxy) is 2. The second-order valence-electron chi connectivity index (χ2n) is 9.30. The topological polar surface area (TPSA) is 106 Å². The number of nitrogens with two attached hydrogens (primary N) is 1. The van der Waals surface area contributed by atoms with E-state index in [-0.39, 0.29) is 12.1 Å². The molecule has 0 aliphatic carbocycles. The van der Waals surface area contributed by atoms with Gasteiger partial charge in [-0.25, -0.2) is 9.48 Å². The highest BCUT2D eigenvalue weighted by Crippen LogP contribution is 2.33. The van der Waals surface area contributed by atoms with Crippen molar-refractivity contribution in [2.24, 2.45) is 0 Å². The number of likely N-dealkylation sites (tertiary alicyclic amines) is 1. The Morgan fingerprint density at radius 2 is 1.68 bits per heavy atom. The summed E-state index contributed by atoms with van der Waals surface area (Å²) in [5.41, 5.74) is 7.49. The fraction of sp³-hybridized carbons (Fsp3) is 0.346. The molecular weight excluding hydrogens is 430 g/mol. The number of rotatable bonds is 4. The van der Waals surface area contributed by atoms with Crippen molar-refractivity contribution >= 4 is 11.9 Å². The number of para-hydroxylation sites is 1. The van der Waals surface area contributed by atoms with Gasteiger partial charge in [0.25, 0.3) is 0 Å². The Morgan fingerprint density at radius 3 is 2.26 bits per heavy atom. The summed E-state index contributed by atoms with van der Waals surface area (Å²) in [4.78, 5) is 14.1. The third kappa shape index (κ3) is 5.15. The van der Waals surface area contributed by atoms with Crippen LogP contribution in [0.5, 0.6) is 11.5 Å². The van der Waals surface area contributed by atoms with E-state index in [1.54, 1.807) is 9.58 Å². The van der Waals surface area contributed by atoms with Crippen LogP contribution in [0.1, 0.15) is 45.2 Å². The normalized spacial score (nSPS) is 14.5. The minimum absolute atomic E-state index is 0.000207. The van der Waals surface area contributed by atoms with E-state index < -0.39 is 5.60 Å². The van der Waals surface area contributed by atoms with Crippen molar-refractivity contribution in [3.05, 3.63) is 60.2 Å². The zero-order chi connectivity index (χ0) is 24.3. The van der Waals surface area contributed by atoms with Gasteiger partial charge in [0.1, 0.15) is 40.2 Å². The van der Waals surface area contributed by atoms with Crippen LogP contribution < -0.4 is 10.5 Å². The Morgan fingerprint density at radius 1 is 1.06 bits per heavy atom. The predicted octanol–water partition coefficient (Wildman–Crippen LogP) is 5.37. The first-order chi connectivity index (χ1) is 16.2. The highest BCUT2D eigenvalue weighted by molar-refractivity contribution is 5.73. The van der Waals surface area contributed by atoms with Gasteiger partial charge in [-0.1, -0.05) is 18.2 Å². The molecule has 1 saturated heterocycles. The lowest BCUT2D eigenvalue weighted by Crippen LogP contribution is -2.42. The molecule has 176 valence electrons. The van der Waals surface area contributed by atoms with Crippen molar-refractivity contribution in [2.45, 2.75) is 45.3 Å². The van der Waals surface area contributed by atoms with Crippen LogP contribution in [0.3, 0.4) is 0 Å². The summed E-state index contributed by atoms with van der Waals surface area (Å²) in [6.45, 7) is 6.65. The minimum atomic E-state index is -0.529. The van der Waals surface area contributed by atoms with E-state index in [1.807, 2.05) is 75.4 Å². The van der Waals surface area contributed by atoms with Crippen molar-refractivity contribution < 1.29 is 14.3 Å². The number of nitriles is 1. The molecule has 1 aromatic heterocycles. The van der Waals surface area contributed by atoms with Gasteiger partial charge in [-0.2, -0.15) is 10.4 Å². The van der Waals surface area contributed by atoms with E-state index >= 15 is 0 Å². The molecule has 3 aromatic rings. The van der Waals surface area contributed by atoms with Gasteiger partial charge in [0.2, 0.25) is 0 Å². The van der Waals surface area contributed by atoms with Crippen LogP contribution in [0.4, 0.5) is 10.6 Å². The lowest BCUT2D eigenvalue weighted by Gasteiger charge is -2.33. The molecule has 4 rings (SSSR count). The molecule has 0 spiro atoms. The van der Waals surface area contributed by atoms with E-state index in [1.165, 1.54) is 0 Å². The van der Waals surface area contributed by atoms with Crippen LogP contribution in [0.2, 0.25) is 0 Å². The molecule has 8 nitrogen and oxygen atoms in total. The quantitative estimate of drug-likeness (QED) is 0.562. The second kappa shape index (κ2) is 9.48. The van der Waals surface area contributed by atoms with Crippen molar-refractivity contribution in [1.29, 1.82) is 5.26 Å². The predicted molar refractivity (Wildman–Crippen MR) is 129 cm³/mol. The number of carbonyl (C=O) groups is 1. The highest BCUT2D eigenvalue weighted by atomic mass is 16.6. The fourth-order valence-electron chi connectivity index (χ4n) is 3.96. The summed E-state index contributed by atoms with van der Waals surface area (Å²) < 4.78 is 13.1. The monoisotopic (exact) mass is 459 g/mol. The van der Waals surface area contributed by atoms with Gasteiger partial charge in [-0.15, -0.1) is 0 Å². The van der Waals surface area contributed by atoms with Gasteiger partial charge in [0, 0.05) is 18.7 Å². The number of benzene rings is 2. The molecular formula is C26H29N5O3. The zero-order valence-electron chi connectivity index (χ0n) is 19.7. The lowest BCUT2D eigenvalue weighted by atomic mass is 10.1. The second-order valence-corrected chi connectivity index (χ2v) is 9.30. The molecule has 0 bridgehead atoms. The van der Waals surface area contributed by atoms with Crippen LogP contribution >= 0.6 is 0 Å². The fourth-order valence-corrected chi connectivity index (χ4v) is 3.96. The number of nitrogens with zero attached hydrogens (tertiary/aromatic N) is 4. The summed E-state index contributed by atoms with van der Waals surface area (Å²) >= 11 is 0. The Bertz CT molecular complexity index is 1180. The molecule has 2 aromatic carbocycles. The summed E-state index contributed by atoms with van der Waals surface area (Å²) in [7, 11) is 0. The van der Waals surface area contributed by atoms with E-state index in [2.05, 4.69) is 6.07 Å². The van der Waals surface area contributed by atoms with Gasteiger partial charge in [0.05, 0.1) is 6.04 Å². The van der Waals surface area contributed by atoms with Gasteiger partial charge < -0.3 is 20.1 Å². The minimum Gasteiger partial charge on any atom is -0.457 e. The van der Waals surface area contributed by atoms with Crippen molar-refractivity contribution in [3.63, 3.8) is 0 Å². The first kappa shape index (κ1) is 23.2. The van der Waals surface area contributed by atoms with Crippen LogP contribution in [0, 0.1) is 11.3 Å². The molecule has 2 N–H and O–H groups in total. The van der Waals surface area contributed by atoms with Gasteiger partial charge in [-0.3, -0.25) is 0 Å². The Hall–Kier alpha value is -3.99. The average molecular weight is 460 g/mol. The molecule has 0 saturated carbocycles. The molecule has 1 amide bonds. The maximum Gasteiger partial charge on any atom is 0.410 e. The maximum atomic E-state index is 12.4. The number of amides is 1. The SMILES string of the molecule is CC(C)(C)OC(=O)N1CCC(n2nc(-c3ccc(Oc4ccccc4)cc3)c(C#N)c2N)CC1. The molecule has 0 atom stereocenters. The Labute approximate surface area is 199 Å². The lowest BCUT2D eigenvalue weighted by molar-refractivity contribution is 0.0185. The van der Waals surface area contributed by atoms with Crippen LogP contribution in [-0.2, 0) is 4.74 Å². The maximum absolute atomic E-state index is 12.4. The van der Waals surface area contributed by atoms with E-state index in [0.717, 1.165) is 11.3 Å². The van der Waals surface area contributed by atoms with Crippen molar-refractivity contribution in [3.8, 4) is 28.8 Å². The standard InChI is InChI=1S/C26H29N5O3/c1-26(2,3)34-25(32)30-15-13-19(14-16-30)31-24(28)22(17-27)23(29-31)18-9-11-21(12-10-18)33-20-7-5-4-6-8-20/h4-12,19H,13-16,28H2,1-3H3. The number of nitrogen functional groups attached to an aromatic ring is 1. The first-order valence-electron chi connectivity index (χ1n) is 11.3. The number of carbonyl (C=O) groups excluding carboxylic acids is 1. The molecule has 1 aliphatic heterocycles. The van der Waals surface area contributed by atoms with E-state index in [4.69, 9.17) is 20.3 Å². The molecule has 1 fully saturated rings. The van der Waals surface area contributed by atoms with Crippen LogP contribution in [-0.4, -0.2) is 39.5 Å². The molecule has 1 aliphatic rings. The van der Waals surface area contributed by atoms with Gasteiger partial charge in [-0.05, 0) is 70.0 Å². The number of hydrogen-bond acceptors (Lipinski definition) is 6. The Kier molecular flexibility index (Phi) is 6.46. The highest BCUT2D eigenvalue weighted by Gasteiger charge is 2.30. The van der Waals surface area contributed by atoms with Crippen molar-refractivity contribution in [1.82, 2.24) is 14.7 Å². The summed E-state index contributed by atoms with van der Waals surface area (Å²) in [6, 6.07) is 19.2. The summed E-state index contributed by atoms with van der Waals surface area (Å²) in [5.74, 6) is 1.78.